The number of aromatic amines is 1. The van der Waals surface area contributed by atoms with Crippen LogP contribution < -0.4 is 31.0 Å². The molecule has 19 heteroatoms. The maximum absolute atomic E-state index is 14.1. The highest BCUT2D eigenvalue weighted by atomic mass is 32.1. The number of carbonyl (C=O) groups is 4. The van der Waals surface area contributed by atoms with E-state index in [2.05, 4.69) is 37.4 Å². The van der Waals surface area contributed by atoms with Crippen molar-refractivity contribution in [2.24, 2.45) is 11.3 Å². The average Bonchev–Trinajstić information content (AvgIpc) is 4.06. The minimum Gasteiger partial charge on any atom is -0.496 e. The second kappa shape index (κ2) is 24.3. The van der Waals surface area contributed by atoms with Crippen molar-refractivity contribution in [1.82, 2.24) is 35.4 Å². The Kier molecular flexibility index (Phi) is 18.2. The fourth-order valence-corrected chi connectivity index (χ4v) is 10.7. The summed E-state index contributed by atoms with van der Waals surface area (Å²) in [5.41, 5.74) is 6.80. The van der Waals surface area contributed by atoms with Gasteiger partial charge in [-0.15, -0.1) is 11.3 Å². The van der Waals surface area contributed by atoms with Crippen molar-refractivity contribution < 1.29 is 48.0 Å². The third-order valence-electron chi connectivity index (χ3n) is 13.8. The van der Waals surface area contributed by atoms with Crippen molar-refractivity contribution in [3.05, 3.63) is 98.2 Å². The highest BCUT2D eigenvalue weighted by Crippen LogP contribution is 2.37. The van der Waals surface area contributed by atoms with E-state index in [0.29, 0.717) is 47.5 Å². The molecule has 7 rings (SSSR count). The standard InChI is InChI=1S/C54H71N7O11S/c1-31-24-45(68-9)42(50(64)57-31)27-55-52(66)47-35(5)61(34(4)37-16-18-69-19-17-37)43-26-40(14-15-41(43)47)72-23-22-70-20-21-71-29-46(63)59-49(54(6,7)8)53(67)60-28-39(62)25-44(60)51(65)58-32(2)36-10-12-38(13-11-36)48-33(3)56-30-73-48/h10-15,24,26,30,32,34,37,39,44,49,62H,16-23,25,27-29H2,1-9H3,(H,55,66)(H,57,64)(H,58,65)(H,59,63)/t32-,34-,39+,44-,49?/m0/s1. The number of fused-ring (bicyclic) bond motifs is 1. The number of aliphatic hydroxyl groups is 1. The minimum atomic E-state index is -1.00. The van der Waals surface area contributed by atoms with Crippen molar-refractivity contribution in [2.75, 3.05) is 59.9 Å². The van der Waals surface area contributed by atoms with E-state index in [0.717, 1.165) is 51.1 Å². The molecule has 0 bridgehead atoms. The lowest BCUT2D eigenvalue weighted by atomic mass is 9.85. The van der Waals surface area contributed by atoms with Crippen molar-refractivity contribution in [3.63, 3.8) is 0 Å². The van der Waals surface area contributed by atoms with Crippen LogP contribution in [0.5, 0.6) is 11.5 Å². The maximum Gasteiger partial charge on any atom is 0.256 e. The van der Waals surface area contributed by atoms with Crippen LogP contribution in [0.1, 0.15) is 105 Å². The van der Waals surface area contributed by atoms with Gasteiger partial charge in [-0.05, 0) is 88.1 Å². The second-order valence-corrected chi connectivity index (χ2v) is 21.0. The summed E-state index contributed by atoms with van der Waals surface area (Å²) >= 11 is 1.57. The molecule has 0 saturated carbocycles. The third kappa shape index (κ3) is 13.2. The summed E-state index contributed by atoms with van der Waals surface area (Å²) in [6, 6.07) is 13.0. The summed E-state index contributed by atoms with van der Waals surface area (Å²) < 4.78 is 30.9. The summed E-state index contributed by atoms with van der Waals surface area (Å²) in [6.45, 7) is 16.9. The van der Waals surface area contributed by atoms with Gasteiger partial charge in [-0.2, -0.15) is 0 Å². The number of nitrogens with zero attached hydrogens (tertiary/aromatic N) is 3. The summed E-state index contributed by atoms with van der Waals surface area (Å²) in [4.78, 5) is 77.4. The molecule has 5 atom stereocenters. The lowest BCUT2D eigenvalue weighted by molar-refractivity contribution is -0.144. The number of likely N-dealkylation sites (tertiary alicyclic amines) is 1. The Balaban J connectivity index is 0.890. The Bertz CT molecular complexity index is 2790. The molecule has 4 amide bonds. The van der Waals surface area contributed by atoms with Gasteiger partial charge in [0.25, 0.3) is 11.5 Å². The summed E-state index contributed by atoms with van der Waals surface area (Å²) in [5, 5.41) is 20.2. The SMILES string of the molecule is COc1cc(C)[nH]c(=O)c1CNC(=O)c1c(C)n([C@@H](C)C2CCOCC2)c2cc(OCCOCCOCC(=O)NC(C(=O)N3C[C@H](O)C[C@H]3C(=O)N[C@@H](C)c3ccc(-c4scnc4C)cc3)C(C)(C)C)ccc12. The van der Waals surface area contributed by atoms with E-state index in [9.17, 15) is 29.1 Å². The fraction of sp³-hybridized carbons (Fsp3) is 0.519. The summed E-state index contributed by atoms with van der Waals surface area (Å²) in [5.74, 6) is -0.325. The van der Waals surface area contributed by atoms with Crippen molar-refractivity contribution >= 4 is 45.9 Å². The van der Waals surface area contributed by atoms with Crippen LogP contribution in [0.25, 0.3) is 21.3 Å². The number of methoxy groups -OCH3 is 1. The minimum absolute atomic E-state index is 0.0153. The number of H-pyrrole nitrogens is 1. The molecule has 3 aromatic heterocycles. The van der Waals surface area contributed by atoms with Gasteiger partial charge in [0.05, 0.1) is 78.3 Å². The van der Waals surface area contributed by atoms with Crippen LogP contribution in [0.3, 0.4) is 0 Å². The van der Waals surface area contributed by atoms with Gasteiger partial charge >= 0.3 is 0 Å². The van der Waals surface area contributed by atoms with Crippen LogP contribution in [0, 0.1) is 32.1 Å². The zero-order valence-electron chi connectivity index (χ0n) is 43.4. The molecule has 2 aliphatic heterocycles. The number of hydrogen-bond donors (Lipinski definition) is 5. The number of hydrogen-bond acceptors (Lipinski definition) is 13. The number of nitrogens with one attached hydrogen (secondary N) is 4. The molecule has 73 heavy (non-hydrogen) atoms. The predicted octanol–water partition coefficient (Wildman–Crippen LogP) is 6.09. The van der Waals surface area contributed by atoms with Crippen LogP contribution >= 0.6 is 11.3 Å². The fourth-order valence-electron chi connectivity index (χ4n) is 9.84. The van der Waals surface area contributed by atoms with Crippen molar-refractivity contribution in [2.45, 2.75) is 111 Å². The second-order valence-electron chi connectivity index (χ2n) is 20.1. The van der Waals surface area contributed by atoms with Gasteiger partial charge in [0.15, 0.2) is 0 Å². The van der Waals surface area contributed by atoms with Gasteiger partial charge in [-0.1, -0.05) is 45.0 Å². The lowest BCUT2D eigenvalue weighted by Gasteiger charge is -2.35. The van der Waals surface area contributed by atoms with E-state index in [-0.39, 0.29) is 82.0 Å². The lowest BCUT2D eigenvalue weighted by Crippen LogP contribution is -2.58. The number of aryl methyl sites for hydroxylation is 2. The molecule has 5 aromatic rings. The van der Waals surface area contributed by atoms with Gasteiger partial charge in [0, 0.05) is 55.1 Å². The van der Waals surface area contributed by atoms with E-state index >= 15 is 0 Å². The predicted molar refractivity (Wildman–Crippen MR) is 278 cm³/mol. The van der Waals surface area contributed by atoms with Crippen LogP contribution in [-0.2, 0) is 35.1 Å². The Labute approximate surface area is 430 Å². The molecule has 2 aliphatic rings. The molecule has 5 heterocycles. The molecule has 5 N–H and O–H groups in total. The number of aliphatic hydroxyl groups excluding tert-OH is 1. The van der Waals surface area contributed by atoms with Gasteiger partial charge in [-0.25, -0.2) is 4.98 Å². The van der Waals surface area contributed by atoms with Crippen molar-refractivity contribution in [3.8, 4) is 21.9 Å². The van der Waals surface area contributed by atoms with Crippen molar-refractivity contribution in [1.29, 1.82) is 0 Å². The smallest absolute Gasteiger partial charge is 0.256 e. The van der Waals surface area contributed by atoms with E-state index in [1.54, 1.807) is 24.3 Å². The average molecular weight is 1030 g/mol. The van der Waals surface area contributed by atoms with Gasteiger partial charge in [-0.3, -0.25) is 24.0 Å². The first-order valence-corrected chi connectivity index (χ1v) is 25.9. The zero-order valence-corrected chi connectivity index (χ0v) is 44.2. The Hall–Kier alpha value is -6.12. The van der Waals surface area contributed by atoms with Gasteiger partial charge in [0.2, 0.25) is 17.7 Å². The van der Waals surface area contributed by atoms with Crippen LogP contribution in [0.2, 0.25) is 0 Å². The zero-order chi connectivity index (χ0) is 52.6. The number of rotatable bonds is 21. The van der Waals surface area contributed by atoms with E-state index < -0.39 is 35.4 Å². The number of amides is 4. The Morgan fingerprint density at radius 2 is 1.67 bits per heavy atom. The van der Waals surface area contributed by atoms with E-state index in [1.807, 2.05) is 89.5 Å². The van der Waals surface area contributed by atoms with Crippen LogP contribution in [-0.4, -0.2) is 126 Å². The number of pyridine rings is 1. The van der Waals surface area contributed by atoms with Gasteiger partial charge < -0.3 is 59.2 Å². The first kappa shape index (κ1) is 54.6. The number of β-amino-alcohol motifs (C(OH)–C–C–N with tert-alkyl or cyclic N) is 1. The van der Waals surface area contributed by atoms with Crippen LogP contribution in [0.4, 0.5) is 0 Å². The topological polar surface area (TPSA) is 225 Å². The number of benzene rings is 2. The molecule has 1 unspecified atom stereocenters. The van der Waals surface area contributed by atoms with E-state index in [1.165, 1.54) is 12.0 Å². The molecule has 2 fully saturated rings. The maximum atomic E-state index is 14.1. The normalized spacial score (nSPS) is 17.5. The first-order valence-electron chi connectivity index (χ1n) is 25.0. The van der Waals surface area contributed by atoms with Crippen LogP contribution in [0.15, 0.2) is 58.8 Å². The molecule has 0 spiro atoms. The highest BCUT2D eigenvalue weighted by Gasteiger charge is 2.45. The molecule has 2 aromatic carbocycles. The molecule has 0 aliphatic carbocycles. The van der Waals surface area contributed by atoms with E-state index in [4.69, 9.17) is 23.7 Å². The molecule has 18 nitrogen and oxygen atoms in total. The third-order valence-corrected chi connectivity index (χ3v) is 14.8. The molecular formula is C54H71N7O11S. The molecular weight excluding hydrogens is 955 g/mol. The molecule has 0 radical (unpaired) electrons. The largest absolute Gasteiger partial charge is 0.496 e. The number of carbonyl (C=O) groups excluding carboxylic acids is 4. The number of thiazole rings is 1. The Morgan fingerprint density at radius 1 is 0.959 bits per heavy atom. The molecule has 394 valence electrons. The molecule has 2 saturated heterocycles. The number of ether oxygens (including phenoxy) is 5. The summed E-state index contributed by atoms with van der Waals surface area (Å²) in [6.07, 6.45) is 0.972. The number of aromatic nitrogens is 3. The monoisotopic (exact) mass is 1030 g/mol. The first-order chi connectivity index (χ1) is 34.9. The Morgan fingerprint density at radius 3 is 2.36 bits per heavy atom. The summed E-state index contributed by atoms with van der Waals surface area (Å²) in [7, 11) is 1.49. The highest BCUT2D eigenvalue weighted by molar-refractivity contribution is 7.13. The quantitative estimate of drug-likeness (QED) is 0.0527. The van der Waals surface area contributed by atoms with Gasteiger partial charge in [0.1, 0.15) is 36.8 Å².